The minimum absolute atomic E-state index is 0.0480. The van der Waals surface area contributed by atoms with Gasteiger partial charge in [0.1, 0.15) is 6.04 Å². The molecule has 1 fully saturated rings. The van der Waals surface area contributed by atoms with E-state index in [0.29, 0.717) is 17.1 Å². The molecule has 3 amide bonds. The first-order chi connectivity index (χ1) is 17.7. The van der Waals surface area contributed by atoms with E-state index in [9.17, 15) is 22.8 Å². The number of amides is 3. The molecule has 1 atom stereocenters. The van der Waals surface area contributed by atoms with Crippen LogP contribution in [-0.2, 0) is 37.4 Å². The van der Waals surface area contributed by atoms with Gasteiger partial charge in [-0.05, 0) is 47.5 Å². The van der Waals surface area contributed by atoms with Crippen molar-refractivity contribution >= 4 is 33.4 Å². The van der Waals surface area contributed by atoms with Gasteiger partial charge in [-0.3, -0.25) is 14.4 Å². The van der Waals surface area contributed by atoms with E-state index in [1.54, 1.807) is 18.2 Å². The molecular formula is C26H23N3O7S. The first-order valence-corrected chi connectivity index (χ1v) is 13.0. The Kier molecular flexibility index (Phi) is 6.40. The third-order valence-electron chi connectivity index (χ3n) is 6.23. The van der Waals surface area contributed by atoms with Crippen molar-refractivity contribution in [3.8, 4) is 11.5 Å². The molecule has 0 aromatic heterocycles. The number of sulfonamides is 1. The topological polar surface area (TPSA) is 136 Å². The molecule has 2 aliphatic rings. The summed E-state index contributed by atoms with van der Waals surface area (Å²) >= 11 is 0. The van der Waals surface area contributed by atoms with Crippen molar-refractivity contribution in [2.45, 2.75) is 30.3 Å². The summed E-state index contributed by atoms with van der Waals surface area (Å²) in [5.41, 5.74) is 1.68. The van der Waals surface area contributed by atoms with E-state index >= 15 is 0 Å². The molecule has 2 heterocycles. The minimum Gasteiger partial charge on any atom is -0.454 e. The van der Waals surface area contributed by atoms with E-state index in [4.69, 9.17) is 14.6 Å². The Hall–Kier alpha value is -4.22. The lowest BCUT2D eigenvalue weighted by Gasteiger charge is -2.28. The first kappa shape index (κ1) is 24.5. The predicted octanol–water partition coefficient (Wildman–Crippen LogP) is 1.97. The molecule has 0 spiro atoms. The van der Waals surface area contributed by atoms with Gasteiger partial charge in [0.2, 0.25) is 28.6 Å². The van der Waals surface area contributed by atoms with Crippen LogP contribution in [0.15, 0.2) is 77.7 Å². The fourth-order valence-electron chi connectivity index (χ4n) is 4.40. The van der Waals surface area contributed by atoms with Crippen LogP contribution in [-0.4, -0.2) is 43.9 Å². The molecular weight excluding hydrogens is 498 g/mol. The summed E-state index contributed by atoms with van der Waals surface area (Å²) < 4.78 is 33.9. The molecule has 1 saturated heterocycles. The molecule has 2 N–H and O–H groups in total. The van der Waals surface area contributed by atoms with Crippen LogP contribution in [0.4, 0.5) is 5.69 Å². The highest BCUT2D eigenvalue weighted by atomic mass is 32.2. The van der Waals surface area contributed by atoms with Gasteiger partial charge in [0, 0.05) is 6.54 Å². The zero-order valence-corrected chi connectivity index (χ0v) is 20.4. The zero-order valence-electron chi connectivity index (χ0n) is 19.6. The van der Waals surface area contributed by atoms with Gasteiger partial charge in [0.25, 0.3) is 5.91 Å². The van der Waals surface area contributed by atoms with E-state index < -0.39 is 27.9 Å². The maximum absolute atomic E-state index is 13.5. The van der Waals surface area contributed by atoms with Crippen LogP contribution in [0.3, 0.4) is 0 Å². The summed E-state index contributed by atoms with van der Waals surface area (Å²) in [5, 5.41) is 5.14. The molecule has 2 aliphatic heterocycles. The number of primary sulfonamides is 1. The van der Waals surface area contributed by atoms with Gasteiger partial charge >= 0.3 is 0 Å². The Labute approximate surface area is 213 Å². The fourth-order valence-corrected chi connectivity index (χ4v) is 4.91. The maximum atomic E-state index is 13.5. The number of rotatable bonds is 7. The lowest BCUT2D eigenvalue weighted by atomic mass is 10.1. The predicted molar refractivity (Wildman–Crippen MR) is 132 cm³/mol. The molecule has 190 valence electrons. The van der Waals surface area contributed by atoms with Crippen molar-refractivity contribution < 1.29 is 32.3 Å². The smallest absolute Gasteiger partial charge is 0.257 e. The lowest BCUT2D eigenvalue weighted by molar-refractivity contribution is -0.138. The van der Waals surface area contributed by atoms with E-state index in [-0.39, 0.29) is 42.7 Å². The van der Waals surface area contributed by atoms with E-state index in [0.717, 1.165) is 10.5 Å². The van der Waals surface area contributed by atoms with Gasteiger partial charge in [0.05, 0.1) is 23.4 Å². The van der Waals surface area contributed by atoms with E-state index in [2.05, 4.69) is 0 Å². The highest BCUT2D eigenvalue weighted by Gasteiger charge is 2.44. The third-order valence-corrected chi connectivity index (χ3v) is 7.16. The number of carbonyl (C=O) groups excluding carboxylic acids is 3. The van der Waals surface area contributed by atoms with Crippen molar-refractivity contribution in [2.24, 2.45) is 5.14 Å². The highest BCUT2D eigenvalue weighted by molar-refractivity contribution is 7.89. The van der Waals surface area contributed by atoms with Gasteiger partial charge in [-0.25, -0.2) is 18.5 Å². The third kappa shape index (κ3) is 5.04. The van der Waals surface area contributed by atoms with Crippen LogP contribution < -0.4 is 19.5 Å². The van der Waals surface area contributed by atoms with Crippen molar-refractivity contribution in [1.29, 1.82) is 0 Å². The van der Waals surface area contributed by atoms with Crippen LogP contribution in [0.5, 0.6) is 11.5 Å². The number of nitrogens with zero attached hydrogens (tertiary/aromatic N) is 2. The Balaban J connectivity index is 1.44. The number of hydrogen-bond acceptors (Lipinski definition) is 7. The first-order valence-electron chi connectivity index (χ1n) is 11.4. The van der Waals surface area contributed by atoms with E-state index in [1.807, 2.05) is 30.3 Å². The summed E-state index contributed by atoms with van der Waals surface area (Å²) in [4.78, 5) is 42.2. The van der Waals surface area contributed by atoms with Crippen molar-refractivity contribution in [2.75, 3.05) is 11.7 Å². The molecule has 0 saturated carbocycles. The molecule has 0 aliphatic carbocycles. The number of nitrogens with two attached hydrogens (primary N) is 1. The van der Waals surface area contributed by atoms with Crippen LogP contribution >= 0.6 is 0 Å². The number of benzene rings is 3. The number of fused-ring (bicyclic) bond motifs is 1. The minimum atomic E-state index is -3.93. The summed E-state index contributed by atoms with van der Waals surface area (Å²) in [6, 6.07) is 18.5. The Morgan fingerprint density at radius 3 is 2.35 bits per heavy atom. The SMILES string of the molecule is NS(=O)(=O)c1ccc(N2C(=O)CC(N(Cc3ccc4c(c3)OCO4)C(=O)Cc3ccccc3)C2=O)cc1. The number of imide groups is 1. The molecule has 1 unspecified atom stereocenters. The van der Waals surface area contributed by atoms with Gasteiger partial charge in [-0.1, -0.05) is 36.4 Å². The van der Waals surface area contributed by atoms with Gasteiger partial charge in [-0.2, -0.15) is 0 Å². The number of ether oxygens (including phenoxy) is 2. The van der Waals surface area contributed by atoms with Crippen LogP contribution in [0.1, 0.15) is 17.5 Å². The second-order valence-electron chi connectivity index (χ2n) is 8.70. The number of anilines is 1. The summed E-state index contributed by atoms with van der Waals surface area (Å²) in [5.74, 6) is -0.260. The average Bonchev–Trinajstić information content (AvgIpc) is 3.45. The van der Waals surface area contributed by atoms with Gasteiger partial charge in [0.15, 0.2) is 11.5 Å². The van der Waals surface area contributed by atoms with E-state index in [1.165, 1.54) is 29.2 Å². The monoisotopic (exact) mass is 521 g/mol. The van der Waals surface area contributed by atoms with Gasteiger partial charge < -0.3 is 14.4 Å². The number of hydrogen-bond donors (Lipinski definition) is 1. The van der Waals surface area contributed by atoms with Crippen molar-refractivity contribution in [3.05, 3.63) is 83.9 Å². The Morgan fingerprint density at radius 2 is 1.65 bits per heavy atom. The number of carbonyl (C=O) groups is 3. The maximum Gasteiger partial charge on any atom is 0.257 e. The molecule has 11 heteroatoms. The second kappa shape index (κ2) is 9.68. The fraction of sp³-hybridized carbons (Fsp3) is 0.192. The molecule has 5 rings (SSSR count). The molecule has 37 heavy (non-hydrogen) atoms. The molecule has 3 aromatic carbocycles. The van der Waals surface area contributed by atoms with Crippen LogP contribution in [0.25, 0.3) is 0 Å². The van der Waals surface area contributed by atoms with Crippen molar-refractivity contribution in [1.82, 2.24) is 4.90 Å². The normalized spacial score (nSPS) is 16.8. The zero-order chi connectivity index (χ0) is 26.2. The molecule has 0 bridgehead atoms. The lowest BCUT2D eigenvalue weighted by Crippen LogP contribution is -2.45. The molecule has 10 nitrogen and oxygen atoms in total. The largest absolute Gasteiger partial charge is 0.454 e. The summed E-state index contributed by atoms with van der Waals surface area (Å²) in [7, 11) is -3.93. The van der Waals surface area contributed by atoms with Crippen LogP contribution in [0, 0.1) is 0 Å². The summed E-state index contributed by atoms with van der Waals surface area (Å²) in [6.45, 7) is 0.175. The highest BCUT2D eigenvalue weighted by Crippen LogP contribution is 2.34. The Morgan fingerprint density at radius 1 is 0.946 bits per heavy atom. The second-order valence-corrected chi connectivity index (χ2v) is 10.3. The summed E-state index contributed by atoms with van der Waals surface area (Å²) in [6.07, 6.45) is -0.159. The quantitative estimate of drug-likeness (QED) is 0.470. The Bertz CT molecular complexity index is 1470. The molecule has 0 radical (unpaired) electrons. The molecule has 3 aromatic rings. The standard InChI is InChI=1S/C26H23N3O7S/c27-37(33,34)20-9-7-19(8-10-20)29-25(31)14-21(26(29)32)28(24(30)13-17-4-2-1-3-5-17)15-18-6-11-22-23(12-18)36-16-35-22/h1-12,21H,13-16H2,(H2,27,33,34). The van der Waals surface area contributed by atoms with Crippen molar-refractivity contribution in [3.63, 3.8) is 0 Å². The average molecular weight is 522 g/mol. The van der Waals surface area contributed by atoms with Gasteiger partial charge in [-0.15, -0.1) is 0 Å². The van der Waals surface area contributed by atoms with Crippen LogP contribution in [0.2, 0.25) is 0 Å².